The fourth-order valence-electron chi connectivity index (χ4n) is 3.79. The van der Waals surface area contributed by atoms with E-state index in [4.69, 9.17) is 4.74 Å². The molecule has 0 aromatic carbocycles. The summed E-state index contributed by atoms with van der Waals surface area (Å²) in [5, 5.41) is 10.4. The van der Waals surface area contributed by atoms with Crippen LogP contribution in [0.1, 0.15) is 33.6 Å². The van der Waals surface area contributed by atoms with Gasteiger partial charge in [0.25, 0.3) is 0 Å². The molecular formula is C18H37N3O2. The lowest BCUT2D eigenvalue weighted by Crippen LogP contribution is -2.54. The normalized spacial score (nSPS) is 27.4. The van der Waals surface area contributed by atoms with Gasteiger partial charge in [0.15, 0.2) is 0 Å². The van der Waals surface area contributed by atoms with Gasteiger partial charge in [-0.05, 0) is 45.7 Å². The van der Waals surface area contributed by atoms with Gasteiger partial charge in [0, 0.05) is 51.9 Å². The van der Waals surface area contributed by atoms with Gasteiger partial charge in [0.2, 0.25) is 0 Å². The van der Waals surface area contributed by atoms with Crippen LogP contribution in [-0.4, -0.2) is 97.5 Å². The maximum Gasteiger partial charge on any atom is 0.0793 e. The number of β-amino-alcohol motifs (C(OH)–C–C–N with tert-alkyl or cyclic N) is 1. The van der Waals surface area contributed by atoms with Gasteiger partial charge < -0.3 is 14.7 Å². The molecule has 5 heteroatoms. The van der Waals surface area contributed by atoms with E-state index >= 15 is 0 Å². The first kappa shape index (κ1) is 19.1. The molecule has 23 heavy (non-hydrogen) atoms. The van der Waals surface area contributed by atoms with Gasteiger partial charge in [0.05, 0.1) is 12.7 Å². The maximum absolute atomic E-state index is 10.4. The Morgan fingerprint density at radius 1 is 1.04 bits per heavy atom. The Kier molecular flexibility index (Phi) is 8.27. The van der Waals surface area contributed by atoms with Crippen molar-refractivity contribution in [3.63, 3.8) is 0 Å². The SMILES string of the molecule is CCOCCN1CCN(C[C@H](O)CN2CCC(C)CC2)C[C@@H]1C. The minimum atomic E-state index is -0.217. The number of nitrogens with zero attached hydrogens (tertiary/aromatic N) is 3. The Balaban J connectivity index is 1.64. The molecule has 0 aromatic rings. The third-order valence-corrected chi connectivity index (χ3v) is 5.39. The lowest BCUT2D eigenvalue weighted by Gasteiger charge is -2.41. The number of likely N-dealkylation sites (tertiary alicyclic amines) is 1. The second-order valence-corrected chi connectivity index (χ2v) is 7.48. The molecule has 0 amide bonds. The standard InChI is InChI=1S/C18H37N3O2/c1-4-23-12-11-21-10-9-20(13-17(21)3)15-18(22)14-19-7-5-16(2)6-8-19/h16-18,22H,4-15H2,1-3H3/t17-,18+/m0/s1. The van der Waals surface area contributed by atoms with Crippen molar-refractivity contribution in [1.29, 1.82) is 0 Å². The maximum atomic E-state index is 10.4. The average Bonchev–Trinajstić information content (AvgIpc) is 2.52. The van der Waals surface area contributed by atoms with Crippen LogP contribution in [0.5, 0.6) is 0 Å². The van der Waals surface area contributed by atoms with E-state index in [2.05, 4.69) is 28.5 Å². The molecule has 2 rings (SSSR count). The summed E-state index contributed by atoms with van der Waals surface area (Å²) in [5.74, 6) is 0.856. The Morgan fingerprint density at radius 3 is 2.39 bits per heavy atom. The highest BCUT2D eigenvalue weighted by Gasteiger charge is 2.25. The third-order valence-electron chi connectivity index (χ3n) is 5.39. The molecule has 2 saturated heterocycles. The van der Waals surface area contributed by atoms with E-state index in [0.29, 0.717) is 6.04 Å². The van der Waals surface area contributed by atoms with Gasteiger partial charge in [-0.3, -0.25) is 9.80 Å². The van der Waals surface area contributed by atoms with E-state index in [-0.39, 0.29) is 6.10 Å². The van der Waals surface area contributed by atoms with Crippen molar-refractivity contribution in [3.8, 4) is 0 Å². The number of hydrogen-bond donors (Lipinski definition) is 1. The molecule has 0 bridgehead atoms. The Morgan fingerprint density at radius 2 is 1.74 bits per heavy atom. The minimum absolute atomic E-state index is 0.217. The first-order chi connectivity index (χ1) is 11.1. The molecule has 2 aliphatic heterocycles. The van der Waals surface area contributed by atoms with E-state index in [1.165, 1.54) is 12.8 Å². The molecule has 0 unspecified atom stereocenters. The summed E-state index contributed by atoms with van der Waals surface area (Å²) in [4.78, 5) is 7.37. The molecule has 0 spiro atoms. The molecule has 2 atom stereocenters. The van der Waals surface area contributed by atoms with Crippen molar-refractivity contribution in [2.75, 3.05) is 65.6 Å². The first-order valence-electron chi connectivity index (χ1n) is 9.53. The molecule has 0 aromatic heterocycles. The van der Waals surface area contributed by atoms with Gasteiger partial charge in [-0.1, -0.05) is 6.92 Å². The zero-order chi connectivity index (χ0) is 16.7. The highest BCUT2D eigenvalue weighted by Crippen LogP contribution is 2.16. The van der Waals surface area contributed by atoms with Crippen LogP contribution in [0, 0.1) is 5.92 Å². The van der Waals surface area contributed by atoms with Gasteiger partial charge in [-0.25, -0.2) is 0 Å². The number of rotatable bonds is 8. The summed E-state index contributed by atoms with van der Waals surface area (Å²) in [6.45, 7) is 16.5. The summed E-state index contributed by atoms with van der Waals surface area (Å²) in [5.41, 5.74) is 0. The van der Waals surface area contributed by atoms with Crippen LogP contribution in [0.2, 0.25) is 0 Å². The topological polar surface area (TPSA) is 39.2 Å². The van der Waals surface area contributed by atoms with Gasteiger partial charge in [0.1, 0.15) is 0 Å². The molecule has 0 saturated carbocycles. The summed E-state index contributed by atoms with van der Waals surface area (Å²) in [7, 11) is 0. The van der Waals surface area contributed by atoms with Crippen LogP contribution in [0.4, 0.5) is 0 Å². The van der Waals surface area contributed by atoms with Gasteiger partial charge in [-0.2, -0.15) is 0 Å². The number of hydrogen-bond acceptors (Lipinski definition) is 5. The predicted octanol–water partition coefficient (Wildman–Crippen LogP) is 1.12. The van der Waals surface area contributed by atoms with Crippen LogP contribution in [0.3, 0.4) is 0 Å². The first-order valence-corrected chi connectivity index (χ1v) is 9.53. The van der Waals surface area contributed by atoms with E-state index in [0.717, 1.165) is 71.5 Å². The van der Waals surface area contributed by atoms with E-state index in [1.54, 1.807) is 0 Å². The fourth-order valence-corrected chi connectivity index (χ4v) is 3.79. The molecule has 2 heterocycles. The molecule has 2 fully saturated rings. The number of aliphatic hydroxyl groups excluding tert-OH is 1. The summed E-state index contributed by atoms with van der Waals surface area (Å²) >= 11 is 0. The predicted molar refractivity (Wildman–Crippen MR) is 94.8 cm³/mol. The molecule has 5 nitrogen and oxygen atoms in total. The van der Waals surface area contributed by atoms with Crippen molar-refractivity contribution < 1.29 is 9.84 Å². The van der Waals surface area contributed by atoms with Crippen LogP contribution >= 0.6 is 0 Å². The van der Waals surface area contributed by atoms with Crippen LogP contribution < -0.4 is 0 Å². The van der Waals surface area contributed by atoms with Crippen molar-refractivity contribution in [1.82, 2.24) is 14.7 Å². The molecular weight excluding hydrogens is 290 g/mol. The Bertz CT molecular complexity index is 321. The van der Waals surface area contributed by atoms with Crippen molar-refractivity contribution >= 4 is 0 Å². The van der Waals surface area contributed by atoms with Gasteiger partial charge >= 0.3 is 0 Å². The summed E-state index contributed by atoms with van der Waals surface area (Å²) < 4.78 is 5.47. The Labute approximate surface area is 142 Å². The zero-order valence-corrected chi connectivity index (χ0v) is 15.4. The monoisotopic (exact) mass is 327 g/mol. The van der Waals surface area contributed by atoms with Crippen LogP contribution in [0.15, 0.2) is 0 Å². The highest BCUT2D eigenvalue weighted by molar-refractivity contribution is 4.81. The number of piperidine rings is 1. The molecule has 2 aliphatic rings. The zero-order valence-electron chi connectivity index (χ0n) is 15.4. The Hall–Kier alpha value is -0.200. The number of aliphatic hydroxyl groups is 1. The minimum Gasteiger partial charge on any atom is -0.390 e. The second kappa shape index (κ2) is 9.94. The third kappa shape index (κ3) is 6.67. The lowest BCUT2D eigenvalue weighted by atomic mass is 9.99. The van der Waals surface area contributed by atoms with Crippen LogP contribution in [-0.2, 0) is 4.74 Å². The van der Waals surface area contributed by atoms with E-state index < -0.39 is 0 Å². The van der Waals surface area contributed by atoms with E-state index in [1.807, 2.05) is 6.92 Å². The quantitative estimate of drug-likeness (QED) is 0.677. The molecule has 0 radical (unpaired) electrons. The summed E-state index contributed by atoms with van der Waals surface area (Å²) in [6, 6.07) is 0.548. The van der Waals surface area contributed by atoms with Crippen LogP contribution in [0.25, 0.3) is 0 Å². The van der Waals surface area contributed by atoms with E-state index in [9.17, 15) is 5.11 Å². The molecule has 136 valence electrons. The number of ether oxygens (including phenoxy) is 1. The fraction of sp³-hybridized carbons (Fsp3) is 1.00. The smallest absolute Gasteiger partial charge is 0.0793 e. The highest BCUT2D eigenvalue weighted by atomic mass is 16.5. The van der Waals surface area contributed by atoms with Gasteiger partial charge in [-0.15, -0.1) is 0 Å². The van der Waals surface area contributed by atoms with Crippen molar-refractivity contribution in [2.45, 2.75) is 45.8 Å². The molecule has 1 N–H and O–H groups in total. The molecule has 0 aliphatic carbocycles. The number of piperazine rings is 1. The van der Waals surface area contributed by atoms with Crippen molar-refractivity contribution in [3.05, 3.63) is 0 Å². The largest absolute Gasteiger partial charge is 0.390 e. The average molecular weight is 328 g/mol. The van der Waals surface area contributed by atoms with Crippen molar-refractivity contribution in [2.24, 2.45) is 5.92 Å². The lowest BCUT2D eigenvalue weighted by molar-refractivity contribution is 0.0164. The summed E-state index contributed by atoms with van der Waals surface area (Å²) in [6.07, 6.45) is 2.34. The second-order valence-electron chi connectivity index (χ2n) is 7.48.